The fourth-order valence-corrected chi connectivity index (χ4v) is 2.06. The molecule has 0 bridgehead atoms. The number of hydrogen-bond donors (Lipinski definition) is 2. The highest BCUT2D eigenvalue weighted by molar-refractivity contribution is 5.59. The van der Waals surface area contributed by atoms with Crippen molar-refractivity contribution in [3.05, 3.63) is 23.8 Å². The smallest absolute Gasteiger partial charge is 0.504 e. The van der Waals surface area contributed by atoms with Crippen molar-refractivity contribution >= 4 is 6.16 Å². The van der Waals surface area contributed by atoms with Crippen LogP contribution < -0.4 is 0 Å². The Balaban J connectivity index is 2.04. The lowest BCUT2D eigenvalue weighted by molar-refractivity contribution is 0.0549. The molecule has 0 heterocycles. The van der Waals surface area contributed by atoms with Crippen molar-refractivity contribution in [2.45, 2.75) is 51.9 Å². The van der Waals surface area contributed by atoms with Crippen molar-refractivity contribution in [2.75, 3.05) is 13.2 Å². The first-order valence-corrected chi connectivity index (χ1v) is 7.94. The number of aromatic hydroxyl groups is 2. The number of carbonyl (C=O) groups excluding carboxylic acids is 1. The highest BCUT2D eigenvalue weighted by Gasteiger charge is 2.05. The molecule has 0 saturated heterocycles. The molecule has 0 spiro atoms. The lowest BCUT2D eigenvalue weighted by atomic mass is 10.1. The Kier molecular flexibility index (Phi) is 8.88. The van der Waals surface area contributed by atoms with Gasteiger partial charge in [0.05, 0.1) is 13.2 Å². The van der Waals surface area contributed by atoms with E-state index < -0.39 is 6.16 Å². The first-order chi connectivity index (χ1) is 10.6. The molecule has 1 aromatic carbocycles. The van der Waals surface area contributed by atoms with Crippen LogP contribution in [0.25, 0.3) is 0 Å². The van der Waals surface area contributed by atoms with Gasteiger partial charge in [0.25, 0.3) is 0 Å². The van der Waals surface area contributed by atoms with E-state index >= 15 is 0 Å². The molecule has 0 atom stereocenters. The van der Waals surface area contributed by atoms with E-state index in [1.54, 1.807) is 6.07 Å². The van der Waals surface area contributed by atoms with Crippen LogP contribution in [0.3, 0.4) is 0 Å². The van der Waals surface area contributed by atoms with Crippen LogP contribution in [0, 0.1) is 0 Å². The molecule has 0 amide bonds. The second-order valence-electron chi connectivity index (χ2n) is 5.29. The molecule has 0 radical (unpaired) electrons. The minimum absolute atomic E-state index is 0.164. The summed E-state index contributed by atoms with van der Waals surface area (Å²) in [5.41, 5.74) is 0.777. The van der Waals surface area contributed by atoms with Crippen LogP contribution in [-0.4, -0.2) is 29.6 Å². The van der Waals surface area contributed by atoms with Gasteiger partial charge < -0.3 is 19.7 Å². The van der Waals surface area contributed by atoms with Crippen LogP contribution in [-0.2, 0) is 15.9 Å². The van der Waals surface area contributed by atoms with Gasteiger partial charge in [-0.05, 0) is 24.1 Å². The summed E-state index contributed by atoms with van der Waals surface area (Å²) in [4.78, 5) is 11.4. The quantitative estimate of drug-likeness (QED) is 0.385. The molecule has 22 heavy (non-hydrogen) atoms. The van der Waals surface area contributed by atoms with E-state index in [9.17, 15) is 15.0 Å². The zero-order valence-corrected chi connectivity index (χ0v) is 13.2. The average Bonchev–Trinajstić information content (AvgIpc) is 2.50. The largest absolute Gasteiger partial charge is 0.508 e. The SMILES string of the molecule is CCCCCCCCOC(=O)OCCc1ccc(O)c(O)c1. The molecule has 5 heteroatoms. The van der Waals surface area contributed by atoms with Gasteiger partial charge in [0, 0.05) is 6.42 Å². The Morgan fingerprint density at radius 1 is 0.955 bits per heavy atom. The molecule has 124 valence electrons. The number of phenolic OH excluding ortho intramolecular Hbond substituents is 2. The van der Waals surface area contributed by atoms with Gasteiger partial charge in [-0.15, -0.1) is 0 Å². The van der Waals surface area contributed by atoms with E-state index in [0.717, 1.165) is 18.4 Å². The summed E-state index contributed by atoms with van der Waals surface area (Å²) in [7, 11) is 0. The molecule has 2 N–H and O–H groups in total. The lowest BCUT2D eigenvalue weighted by Gasteiger charge is -2.07. The van der Waals surface area contributed by atoms with E-state index in [1.807, 2.05) is 0 Å². The van der Waals surface area contributed by atoms with Gasteiger partial charge >= 0.3 is 6.16 Å². The highest BCUT2D eigenvalue weighted by Crippen LogP contribution is 2.24. The fraction of sp³-hybridized carbons (Fsp3) is 0.588. The Morgan fingerprint density at radius 2 is 1.64 bits per heavy atom. The molecule has 5 nitrogen and oxygen atoms in total. The molecule has 1 rings (SSSR count). The van der Waals surface area contributed by atoms with Crippen molar-refractivity contribution in [3.8, 4) is 11.5 Å². The zero-order chi connectivity index (χ0) is 16.2. The minimum atomic E-state index is -0.656. The summed E-state index contributed by atoms with van der Waals surface area (Å²) in [5, 5.41) is 18.5. The summed E-state index contributed by atoms with van der Waals surface area (Å²) in [6.45, 7) is 2.75. The summed E-state index contributed by atoms with van der Waals surface area (Å²) in [5.74, 6) is -0.342. The Hall–Kier alpha value is -1.91. The summed E-state index contributed by atoms with van der Waals surface area (Å²) < 4.78 is 9.93. The fourth-order valence-electron chi connectivity index (χ4n) is 2.06. The van der Waals surface area contributed by atoms with Gasteiger partial charge in [0.15, 0.2) is 11.5 Å². The Labute approximate surface area is 131 Å². The number of hydrogen-bond acceptors (Lipinski definition) is 5. The van der Waals surface area contributed by atoms with Crippen molar-refractivity contribution in [1.82, 2.24) is 0 Å². The predicted molar refractivity (Wildman–Crippen MR) is 84.2 cm³/mol. The van der Waals surface area contributed by atoms with E-state index in [0.29, 0.717) is 13.0 Å². The van der Waals surface area contributed by atoms with Crippen LogP contribution in [0.1, 0.15) is 51.0 Å². The molecule has 0 aliphatic carbocycles. The maximum atomic E-state index is 11.4. The van der Waals surface area contributed by atoms with Crippen molar-refractivity contribution < 1.29 is 24.5 Å². The maximum absolute atomic E-state index is 11.4. The van der Waals surface area contributed by atoms with Gasteiger partial charge in [-0.1, -0.05) is 45.1 Å². The molecule has 0 aliphatic rings. The molecule has 1 aromatic rings. The van der Waals surface area contributed by atoms with Crippen molar-refractivity contribution in [3.63, 3.8) is 0 Å². The van der Waals surface area contributed by atoms with Crippen molar-refractivity contribution in [1.29, 1.82) is 0 Å². The summed E-state index contributed by atoms with van der Waals surface area (Å²) in [6.07, 6.45) is 6.63. The van der Waals surface area contributed by atoms with E-state index in [-0.39, 0.29) is 18.1 Å². The van der Waals surface area contributed by atoms with Gasteiger partial charge in [-0.3, -0.25) is 0 Å². The van der Waals surface area contributed by atoms with Gasteiger partial charge in [-0.25, -0.2) is 4.79 Å². The third kappa shape index (κ3) is 7.76. The molecule has 0 saturated carbocycles. The van der Waals surface area contributed by atoms with E-state index in [2.05, 4.69) is 6.92 Å². The predicted octanol–water partition coefficient (Wildman–Crippen LogP) is 4.15. The first kappa shape index (κ1) is 18.1. The molecular weight excluding hydrogens is 284 g/mol. The number of carbonyl (C=O) groups is 1. The van der Waals surface area contributed by atoms with Crippen LogP contribution in [0.2, 0.25) is 0 Å². The zero-order valence-electron chi connectivity index (χ0n) is 13.2. The average molecular weight is 310 g/mol. The van der Waals surface area contributed by atoms with Gasteiger partial charge in [0.2, 0.25) is 0 Å². The van der Waals surface area contributed by atoms with Gasteiger partial charge in [-0.2, -0.15) is 0 Å². The summed E-state index contributed by atoms with van der Waals surface area (Å²) >= 11 is 0. The topological polar surface area (TPSA) is 76.0 Å². The van der Waals surface area contributed by atoms with Crippen LogP contribution in [0.5, 0.6) is 11.5 Å². The lowest BCUT2D eigenvalue weighted by Crippen LogP contribution is -2.10. The first-order valence-electron chi connectivity index (χ1n) is 7.94. The highest BCUT2D eigenvalue weighted by atomic mass is 16.7. The summed E-state index contributed by atoms with van der Waals surface area (Å²) in [6, 6.07) is 4.52. The number of ether oxygens (including phenoxy) is 2. The number of rotatable bonds is 10. The second-order valence-corrected chi connectivity index (χ2v) is 5.29. The molecule has 0 aromatic heterocycles. The standard InChI is InChI=1S/C17H26O5/c1-2-3-4-5-6-7-11-21-17(20)22-12-10-14-8-9-15(18)16(19)13-14/h8-9,13,18-19H,2-7,10-12H2,1H3. The monoisotopic (exact) mass is 310 g/mol. The molecule has 0 aliphatic heterocycles. The second kappa shape index (κ2) is 10.8. The Morgan fingerprint density at radius 3 is 2.36 bits per heavy atom. The molecule has 0 unspecified atom stereocenters. The number of phenols is 2. The maximum Gasteiger partial charge on any atom is 0.508 e. The van der Waals surface area contributed by atoms with Crippen LogP contribution >= 0.6 is 0 Å². The molecule has 0 fully saturated rings. The third-order valence-electron chi connectivity index (χ3n) is 3.37. The number of unbranched alkanes of at least 4 members (excludes halogenated alkanes) is 5. The normalized spacial score (nSPS) is 10.4. The van der Waals surface area contributed by atoms with Crippen molar-refractivity contribution in [2.24, 2.45) is 0 Å². The van der Waals surface area contributed by atoms with E-state index in [1.165, 1.54) is 37.8 Å². The molecular formula is C17H26O5. The Bertz CT molecular complexity index is 445. The van der Waals surface area contributed by atoms with Crippen LogP contribution in [0.15, 0.2) is 18.2 Å². The van der Waals surface area contributed by atoms with Crippen LogP contribution in [0.4, 0.5) is 4.79 Å². The van der Waals surface area contributed by atoms with Gasteiger partial charge in [0.1, 0.15) is 0 Å². The minimum Gasteiger partial charge on any atom is -0.504 e. The number of benzene rings is 1. The third-order valence-corrected chi connectivity index (χ3v) is 3.37. The van der Waals surface area contributed by atoms with E-state index in [4.69, 9.17) is 9.47 Å².